The molecule has 25 heavy (non-hydrogen) atoms. The van der Waals surface area contributed by atoms with Gasteiger partial charge in [-0.25, -0.2) is 4.79 Å². The topological polar surface area (TPSA) is 82.8 Å². The number of aliphatic hydroxyl groups is 1. The van der Waals surface area contributed by atoms with Crippen LogP contribution in [0.1, 0.15) is 54.4 Å². The van der Waals surface area contributed by atoms with Gasteiger partial charge in [0.25, 0.3) is 0 Å². The molecule has 1 N–H and O–H groups in total. The number of carbonyl (C=O) groups excluding carboxylic acids is 1. The van der Waals surface area contributed by atoms with Crippen LogP contribution in [-0.2, 0) is 9.16 Å². The number of rotatable bonds is 4. The van der Waals surface area contributed by atoms with Crippen molar-refractivity contribution in [2.24, 2.45) is 0 Å². The molecule has 0 radical (unpaired) electrons. The number of nitrogens with zero attached hydrogens (tertiary/aromatic N) is 2. The van der Waals surface area contributed by atoms with Crippen molar-refractivity contribution in [1.82, 2.24) is 4.90 Å². The summed E-state index contributed by atoms with van der Waals surface area (Å²) in [6, 6.07) is 1.52. The predicted molar refractivity (Wildman–Crippen MR) is 99.7 cm³/mol. The standard InChI is InChI=1S/C18H34N2O4Si/c1-17(2,3)23-16(22)20-12-13(11-14(20)15(21)9-10-19)24-25(7,8)18(4,5)6/h13-15,21H,9,11-12H2,1-8H3/t13-,14+,15+/m1/s1. The SMILES string of the molecule is CC(C)(C)OC(=O)N1C[C@H](O[Si](C)(C)C(C)(C)C)C[C@H]1[C@@H](O)CC#N. The van der Waals surface area contributed by atoms with Crippen molar-refractivity contribution in [3.63, 3.8) is 0 Å². The molecule has 0 saturated carbocycles. The highest BCUT2D eigenvalue weighted by atomic mass is 28.4. The maximum atomic E-state index is 12.6. The summed E-state index contributed by atoms with van der Waals surface area (Å²) >= 11 is 0. The van der Waals surface area contributed by atoms with Crippen molar-refractivity contribution < 1.29 is 19.1 Å². The molecule has 0 unspecified atom stereocenters. The first-order valence-electron chi connectivity index (χ1n) is 8.90. The largest absolute Gasteiger partial charge is 0.444 e. The van der Waals surface area contributed by atoms with Crippen molar-refractivity contribution in [2.45, 2.75) is 96.4 Å². The number of hydrogen-bond acceptors (Lipinski definition) is 5. The molecular formula is C18H34N2O4Si. The molecule has 1 saturated heterocycles. The van der Waals surface area contributed by atoms with Gasteiger partial charge in [0, 0.05) is 6.54 Å². The van der Waals surface area contributed by atoms with E-state index in [2.05, 4.69) is 33.9 Å². The molecule has 1 rings (SSSR count). The maximum Gasteiger partial charge on any atom is 0.410 e. The highest BCUT2D eigenvalue weighted by Crippen LogP contribution is 2.39. The zero-order valence-corrected chi connectivity index (χ0v) is 17.9. The van der Waals surface area contributed by atoms with Gasteiger partial charge in [-0.2, -0.15) is 5.26 Å². The van der Waals surface area contributed by atoms with E-state index in [9.17, 15) is 9.90 Å². The number of amides is 1. The molecule has 144 valence electrons. The van der Waals surface area contributed by atoms with Gasteiger partial charge in [-0.3, -0.25) is 4.90 Å². The molecule has 1 aliphatic heterocycles. The van der Waals surface area contributed by atoms with Gasteiger partial charge in [0.15, 0.2) is 8.32 Å². The van der Waals surface area contributed by atoms with E-state index in [-0.39, 0.29) is 17.6 Å². The molecule has 1 heterocycles. The fraction of sp³-hybridized carbons (Fsp3) is 0.889. The minimum atomic E-state index is -1.99. The zero-order valence-electron chi connectivity index (χ0n) is 16.9. The normalized spacial score (nSPS) is 23.3. The third kappa shape index (κ3) is 5.98. The molecular weight excluding hydrogens is 336 g/mol. The number of aliphatic hydroxyl groups excluding tert-OH is 1. The van der Waals surface area contributed by atoms with Gasteiger partial charge < -0.3 is 14.3 Å². The fourth-order valence-corrected chi connectivity index (χ4v) is 3.99. The first-order chi connectivity index (χ1) is 11.2. The Hall–Kier alpha value is -1.10. The predicted octanol–water partition coefficient (Wildman–Crippen LogP) is 3.66. The number of likely N-dealkylation sites (tertiary alicyclic amines) is 1. The van der Waals surface area contributed by atoms with Crippen LogP contribution < -0.4 is 0 Å². The zero-order chi connectivity index (χ0) is 19.6. The lowest BCUT2D eigenvalue weighted by molar-refractivity contribution is 0.00551. The lowest BCUT2D eigenvalue weighted by Crippen LogP contribution is -2.46. The number of ether oxygens (including phenoxy) is 1. The molecule has 1 aliphatic rings. The monoisotopic (exact) mass is 370 g/mol. The summed E-state index contributed by atoms with van der Waals surface area (Å²) in [6.45, 7) is 16.7. The Morgan fingerprint density at radius 2 is 1.88 bits per heavy atom. The first-order valence-corrected chi connectivity index (χ1v) is 11.8. The molecule has 7 heteroatoms. The fourth-order valence-electron chi connectivity index (χ4n) is 2.63. The van der Waals surface area contributed by atoms with Crippen LogP contribution >= 0.6 is 0 Å². The van der Waals surface area contributed by atoms with Gasteiger partial charge in [0.2, 0.25) is 0 Å². The van der Waals surface area contributed by atoms with E-state index in [4.69, 9.17) is 14.4 Å². The molecule has 1 fully saturated rings. The summed E-state index contributed by atoms with van der Waals surface area (Å²) in [5, 5.41) is 19.3. The average Bonchev–Trinajstić information content (AvgIpc) is 2.79. The quantitative estimate of drug-likeness (QED) is 0.764. The lowest BCUT2D eigenvalue weighted by Gasteiger charge is -2.38. The van der Waals surface area contributed by atoms with E-state index in [1.807, 2.05) is 26.8 Å². The van der Waals surface area contributed by atoms with Crippen molar-refractivity contribution in [1.29, 1.82) is 5.26 Å². The van der Waals surface area contributed by atoms with Crippen molar-refractivity contribution in [2.75, 3.05) is 6.54 Å². The molecule has 0 aromatic carbocycles. The Morgan fingerprint density at radius 3 is 2.32 bits per heavy atom. The van der Waals surface area contributed by atoms with Crippen LogP contribution in [0.15, 0.2) is 0 Å². The second kappa shape index (κ2) is 7.64. The summed E-state index contributed by atoms with van der Waals surface area (Å²) in [5.41, 5.74) is -0.611. The van der Waals surface area contributed by atoms with Crippen molar-refractivity contribution in [3.05, 3.63) is 0 Å². The third-order valence-electron chi connectivity index (χ3n) is 4.95. The highest BCUT2D eigenvalue weighted by Gasteiger charge is 2.46. The maximum absolute atomic E-state index is 12.6. The van der Waals surface area contributed by atoms with E-state index in [1.54, 1.807) is 0 Å². The van der Waals surface area contributed by atoms with E-state index in [0.29, 0.717) is 13.0 Å². The summed E-state index contributed by atoms with van der Waals surface area (Å²) in [4.78, 5) is 14.1. The van der Waals surface area contributed by atoms with Crippen LogP contribution in [0.3, 0.4) is 0 Å². The number of nitriles is 1. The number of carbonyl (C=O) groups is 1. The second-order valence-electron chi connectivity index (χ2n) is 9.37. The summed E-state index contributed by atoms with van der Waals surface area (Å²) < 4.78 is 11.9. The van der Waals surface area contributed by atoms with Gasteiger partial charge in [0.05, 0.1) is 30.7 Å². The Morgan fingerprint density at radius 1 is 1.32 bits per heavy atom. The smallest absolute Gasteiger partial charge is 0.410 e. The van der Waals surface area contributed by atoms with Crippen molar-refractivity contribution in [3.8, 4) is 6.07 Å². The van der Waals surface area contributed by atoms with Gasteiger partial charge >= 0.3 is 6.09 Å². The van der Waals surface area contributed by atoms with Gasteiger partial charge in [-0.1, -0.05) is 20.8 Å². The summed E-state index contributed by atoms with van der Waals surface area (Å²) in [5.74, 6) is 0. The van der Waals surface area contributed by atoms with Crippen LogP contribution in [0.25, 0.3) is 0 Å². The molecule has 0 spiro atoms. The molecule has 6 nitrogen and oxygen atoms in total. The van der Waals surface area contributed by atoms with Crippen LogP contribution in [0.4, 0.5) is 4.79 Å². The van der Waals surface area contributed by atoms with Gasteiger partial charge in [-0.05, 0) is 45.3 Å². The first kappa shape index (κ1) is 21.9. The Balaban J connectivity index is 2.94. The molecule has 0 aromatic rings. The van der Waals surface area contributed by atoms with Crippen LogP contribution in [0.5, 0.6) is 0 Å². The second-order valence-corrected chi connectivity index (χ2v) is 14.1. The van der Waals surface area contributed by atoms with E-state index < -0.39 is 32.2 Å². The van der Waals surface area contributed by atoms with Crippen LogP contribution in [0.2, 0.25) is 18.1 Å². The molecule has 0 bridgehead atoms. The summed E-state index contributed by atoms with van der Waals surface area (Å²) in [6.07, 6.45) is -1.00. The highest BCUT2D eigenvalue weighted by molar-refractivity contribution is 6.74. The lowest BCUT2D eigenvalue weighted by atomic mass is 10.1. The Kier molecular flexibility index (Phi) is 6.71. The van der Waals surface area contributed by atoms with Crippen molar-refractivity contribution >= 4 is 14.4 Å². The van der Waals surface area contributed by atoms with E-state index in [0.717, 1.165) is 0 Å². The van der Waals surface area contributed by atoms with Gasteiger partial charge in [-0.15, -0.1) is 0 Å². The molecule has 3 atom stereocenters. The minimum absolute atomic E-state index is 0.0171. The number of hydrogen-bond donors (Lipinski definition) is 1. The minimum Gasteiger partial charge on any atom is -0.444 e. The molecule has 0 aliphatic carbocycles. The Labute approximate surface area is 153 Å². The summed E-state index contributed by atoms with van der Waals surface area (Å²) in [7, 11) is -1.99. The van der Waals surface area contributed by atoms with E-state index >= 15 is 0 Å². The van der Waals surface area contributed by atoms with Crippen LogP contribution in [-0.4, -0.2) is 54.8 Å². The van der Waals surface area contributed by atoms with Gasteiger partial charge in [0.1, 0.15) is 5.60 Å². The molecule has 0 aromatic heterocycles. The Bertz CT molecular complexity index is 517. The third-order valence-corrected chi connectivity index (χ3v) is 9.48. The average molecular weight is 371 g/mol. The molecule has 1 amide bonds. The van der Waals surface area contributed by atoms with Crippen LogP contribution in [0, 0.1) is 11.3 Å². The van der Waals surface area contributed by atoms with E-state index in [1.165, 1.54) is 4.90 Å².